The molecule has 0 saturated heterocycles. The van der Waals surface area contributed by atoms with E-state index >= 15 is 0 Å². The van der Waals surface area contributed by atoms with Crippen LogP contribution in [0.2, 0.25) is 0 Å². The lowest BCUT2D eigenvalue weighted by Gasteiger charge is -2.29. The lowest BCUT2D eigenvalue weighted by Crippen LogP contribution is -2.25. The van der Waals surface area contributed by atoms with Gasteiger partial charge in [0.05, 0.1) is 11.1 Å². The summed E-state index contributed by atoms with van der Waals surface area (Å²) in [6.45, 7) is 3.53. The van der Waals surface area contributed by atoms with Crippen molar-refractivity contribution < 1.29 is 19.8 Å². The summed E-state index contributed by atoms with van der Waals surface area (Å²) in [7, 11) is 0. The van der Waals surface area contributed by atoms with Crippen molar-refractivity contribution in [3.63, 3.8) is 0 Å². The Morgan fingerprint density at radius 2 is 1.17 bits per heavy atom. The summed E-state index contributed by atoms with van der Waals surface area (Å²) in [5, 5.41) is 18.9. The van der Waals surface area contributed by atoms with E-state index in [0.29, 0.717) is 22.5 Å². The van der Waals surface area contributed by atoms with Gasteiger partial charge in [0.25, 0.3) is 0 Å². The molecule has 0 aliphatic heterocycles. The molecule has 0 saturated carbocycles. The molecule has 0 unspecified atom stereocenters. The maximum absolute atomic E-state index is 11.5. The van der Waals surface area contributed by atoms with Crippen LogP contribution in [0.1, 0.15) is 45.7 Å². The molecule has 23 heavy (non-hydrogen) atoms. The lowest BCUT2D eigenvalue weighted by molar-refractivity contribution is 0.0686. The molecular formula is C17H18N2O4. The van der Waals surface area contributed by atoms with Gasteiger partial charge in [-0.25, -0.2) is 9.59 Å². The molecule has 2 rings (SSSR count). The molecule has 0 atom stereocenters. The van der Waals surface area contributed by atoms with Gasteiger partial charge in [0, 0.05) is 16.8 Å². The van der Waals surface area contributed by atoms with Crippen LogP contribution < -0.4 is 11.5 Å². The van der Waals surface area contributed by atoms with Crippen molar-refractivity contribution in [2.75, 3.05) is 11.5 Å². The first kappa shape index (κ1) is 16.4. The lowest BCUT2D eigenvalue weighted by atomic mass is 9.74. The highest BCUT2D eigenvalue weighted by Crippen LogP contribution is 2.37. The molecule has 0 radical (unpaired) electrons. The third kappa shape index (κ3) is 2.96. The van der Waals surface area contributed by atoms with Crippen molar-refractivity contribution in [3.05, 3.63) is 58.7 Å². The van der Waals surface area contributed by atoms with Crippen LogP contribution in [0.3, 0.4) is 0 Å². The highest BCUT2D eigenvalue weighted by Gasteiger charge is 2.31. The minimum atomic E-state index is -1.12. The van der Waals surface area contributed by atoms with Gasteiger partial charge in [-0.3, -0.25) is 0 Å². The number of anilines is 2. The molecule has 6 N–H and O–H groups in total. The highest BCUT2D eigenvalue weighted by atomic mass is 16.4. The maximum Gasteiger partial charge on any atom is 0.336 e. The molecule has 6 heteroatoms. The van der Waals surface area contributed by atoms with Gasteiger partial charge in [-0.15, -0.1) is 0 Å². The van der Waals surface area contributed by atoms with Crippen LogP contribution in [-0.2, 0) is 5.41 Å². The first-order valence-electron chi connectivity index (χ1n) is 6.91. The third-order valence-electron chi connectivity index (χ3n) is 3.89. The molecule has 0 aromatic heterocycles. The van der Waals surface area contributed by atoms with Crippen LogP contribution >= 0.6 is 0 Å². The topological polar surface area (TPSA) is 127 Å². The van der Waals surface area contributed by atoms with E-state index < -0.39 is 17.4 Å². The minimum absolute atomic E-state index is 0.0446. The Hall–Kier alpha value is -3.02. The van der Waals surface area contributed by atoms with Crippen LogP contribution in [0.5, 0.6) is 0 Å². The number of carboxylic acid groups (broad SMARTS) is 2. The Morgan fingerprint density at radius 3 is 1.48 bits per heavy atom. The SMILES string of the molecule is CC(C)(c1ccc(N)cc1C(=O)O)c1ccc(N)cc1C(=O)O. The van der Waals surface area contributed by atoms with Crippen molar-refractivity contribution in [1.29, 1.82) is 0 Å². The first-order valence-corrected chi connectivity index (χ1v) is 6.91. The summed E-state index contributed by atoms with van der Waals surface area (Å²) < 4.78 is 0. The van der Waals surface area contributed by atoms with E-state index in [4.69, 9.17) is 11.5 Å². The van der Waals surface area contributed by atoms with Crippen LogP contribution in [0.25, 0.3) is 0 Å². The number of carbonyl (C=O) groups is 2. The number of benzene rings is 2. The van der Waals surface area contributed by atoms with Gasteiger partial charge in [-0.05, 0) is 35.4 Å². The van der Waals surface area contributed by atoms with Crippen LogP contribution in [0.4, 0.5) is 11.4 Å². The standard InChI is InChI=1S/C17H18N2O4/c1-17(2,13-5-3-9(18)7-11(13)15(20)21)14-6-4-10(19)8-12(14)16(22)23/h3-8H,18-19H2,1-2H3,(H,20,21)(H,22,23). The summed E-state index contributed by atoms with van der Waals surface area (Å²) in [5.41, 5.74) is 12.2. The Bertz CT molecular complexity index is 732. The molecule has 0 aliphatic rings. The average Bonchev–Trinajstić information content (AvgIpc) is 2.46. The minimum Gasteiger partial charge on any atom is -0.478 e. The molecule has 0 fully saturated rings. The quantitative estimate of drug-likeness (QED) is 0.642. The fraction of sp³-hybridized carbons (Fsp3) is 0.176. The smallest absolute Gasteiger partial charge is 0.336 e. The van der Waals surface area contributed by atoms with Crippen LogP contribution in [-0.4, -0.2) is 22.2 Å². The van der Waals surface area contributed by atoms with E-state index in [1.165, 1.54) is 12.1 Å². The third-order valence-corrected chi connectivity index (χ3v) is 3.89. The molecule has 0 bridgehead atoms. The summed E-state index contributed by atoms with van der Waals surface area (Å²) >= 11 is 0. The number of hydrogen-bond acceptors (Lipinski definition) is 4. The van der Waals surface area contributed by atoms with Crippen molar-refractivity contribution in [3.8, 4) is 0 Å². The molecule has 0 aliphatic carbocycles. The molecule has 2 aromatic rings. The van der Waals surface area contributed by atoms with Crippen molar-refractivity contribution >= 4 is 23.3 Å². The Labute approximate surface area is 133 Å². The molecule has 0 spiro atoms. The number of nitrogens with two attached hydrogens (primary N) is 2. The Kier molecular flexibility index (Phi) is 4.01. The highest BCUT2D eigenvalue weighted by molar-refractivity contribution is 5.93. The second-order valence-corrected chi connectivity index (χ2v) is 5.85. The number of carboxylic acids is 2. The normalized spacial score (nSPS) is 11.2. The fourth-order valence-electron chi connectivity index (χ4n) is 2.71. The van der Waals surface area contributed by atoms with Gasteiger partial charge in [-0.1, -0.05) is 26.0 Å². The summed E-state index contributed by atoms with van der Waals surface area (Å²) in [5.74, 6) is -2.24. The number of rotatable bonds is 4. The average molecular weight is 314 g/mol. The molecule has 0 amide bonds. The van der Waals surface area contributed by atoms with Crippen molar-refractivity contribution in [1.82, 2.24) is 0 Å². The first-order chi connectivity index (χ1) is 10.6. The van der Waals surface area contributed by atoms with E-state index in [-0.39, 0.29) is 11.1 Å². The van der Waals surface area contributed by atoms with E-state index in [9.17, 15) is 19.8 Å². The largest absolute Gasteiger partial charge is 0.478 e. The second kappa shape index (κ2) is 5.64. The van der Waals surface area contributed by atoms with E-state index in [0.717, 1.165) is 0 Å². The Balaban J connectivity index is 2.73. The summed E-state index contributed by atoms with van der Waals surface area (Å²) in [4.78, 5) is 23.1. The predicted molar refractivity (Wildman–Crippen MR) is 87.8 cm³/mol. The zero-order chi connectivity index (χ0) is 17.4. The summed E-state index contributed by atoms with van der Waals surface area (Å²) in [6, 6.07) is 9.17. The molecule has 120 valence electrons. The van der Waals surface area contributed by atoms with Crippen LogP contribution in [0.15, 0.2) is 36.4 Å². The monoisotopic (exact) mass is 314 g/mol. The van der Waals surface area contributed by atoms with E-state index in [2.05, 4.69) is 0 Å². The molecule has 0 heterocycles. The zero-order valence-corrected chi connectivity index (χ0v) is 12.8. The van der Waals surface area contributed by atoms with Crippen molar-refractivity contribution in [2.45, 2.75) is 19.3 Å². The summed E-state index contributed by atoms with van der Waals surface area (Å²) in [6.07, 6.45) is 0. The van der Waals surface area contributed by atoms with Gasteiger partial charge in [-0.2, -0.15) is 0 Å². The van der Waals surface area contributed by atoms with E-state index in [1.54, 1.807) is 38.1 Å². The molecular weight excluding hydrogens is 296 g/mol. The van der Waals surface area contributed by atoms with Gasteiger partial charge < -0.3 is 21.7 Å². The van der Waals surface area contributed by atoms with Gasteiger partial charge >= 0.3 is 11.9 Å². The number of aromatic carboxylic acids is 2. The van der Waals surface area contributed by atoms with Crippen LogP contribution in [0, 0.1) is 0 Å². The van der Waals surface area contributed by atoms with Gasteiger partial charge in [0.15, 0.2) is 0 Å². The van der Waals surface area contributed by atoms with E-state index in [1.807, 2.05) is 0 Å². The second-order valence-electron chi connectivity index (χ2n) is 5.85. The molecule has 6 nitrogen and oxygen atoms in total. The maximum atomic E-state index is 11.5. The number of hydrogen-bond donors (Lipinski definition) is 4. The number of nitrogen functional groups attached to an aromatic ring is 2. The predicted octanol–water partition coefficient (Wildman–Crippen LogP) is 2.57. The molecule has 2 aromatic carbocycles. The zero-order valence-electron chi connectivity index (χ0n) is 12.8. The van der Waals surface area contributed by atoms with Gasteiger partial charge in [0.1, 0.15) is 0 Å². The van der Waals surface area contributed by atoms with Gasteiger partial charge in [0.2, 0.25) is 0 Å². The van der Waals surface area contributed by atoms with Crippen molar-refractivity contribution in [2.24, 2.45) is 0 Å². The fourth-order valence-corrected chi connectivity index (χ4v) is 2.71. The Morgan fingerprint density at radius 1 is 0.826 bits per heavy atom.